The van der Waals surface area contributed by atoms with Gasteiger partial charge in [0.1, 0.15) is 5.75 Å². The van der Waals surface area contributed by atoms with Gasteiger partial charge in [0.2, 0.25) is 0 Å². The molecule has 0 saturated carbocycles. The second-order valence-electron chi connectivity index (χ2n) is 6.48. The summed E-state index contributed by atoms with van der Waals surface area (Å²) < 4.78 is 5.38. The van der Waals surface area contributed by atoms with Crippen LogP contribution in [0.25, 0.3) is 0 Å². The fourth-order valence-electron chi connectivity index (χ4n) is 3.25. The van der Waals surface area contributed by atoms with Gasteiger partial charge in [-0.15, -0.1) is 0 Å². The standard InChI is InChI=1S/C18H28N2O3/c1-12-9-15(10-13(2)17(12)21)5-7-19-18(22)20-8-6-16(23-4)11-14(20)3/h9-10,14,16,21H,5-8,11H2,1-4H3,(H,19,22)/t14-,16-/m0/s1. The summed E-state index contributed by atoms with van der Waals surface area (Å²) in [6.45, 7) is 7.19. The Morgan fingerprint density at radius 3 is 2.61 bits per heavy atom. The van der Waals surface area contributed by atoms with Gasteiger partial charge in [-0.1, -0.05) is 12.1 Å². The summed E-state index contributed by atoms with van der Waals surface area (Å²) in [6.07, 6.45) is 2.80. The molecule has 1 aromatic rings. The Morgan fingerprint density at radius 1 is 1.39 bits per heavy atom. The zero-order chi connectivity index (χ0) is 17.0. The molecule has 1 saturated heterocycles. The summed E-state index contributed by atoms with van der Waals surface area (Å²) >= 11 is 0. The molecular weight excluding hydrogens is 292 g/mol. The molecular formula is C18H28N2O3. The van der Waals surface area contributed by atoms with E-state index in [1.165, 1.54) is 0 Å². The summed E-state index contributed by atoms with van der Waals surface area (Å²) in [5.41, 5.74) is 2.88. The van der Waals surface area contributed by atoms with E-state index < -0.39 is 0 Å². The van der Waals surface area contributed by atoms with Crippen LogP contribution in [-0.4, -0.2) is 48.4 Å². The highest BCUT2D eigenvalue weighted by molar-refractivity contribution is 5.74. The number of hydrogen-bond acceptors (Lipinski definition) is 3. The van der Waals surface area contributed by atoms with Crippen LogP contribution >= 0.6 is 0 Å². The van der Waals surface area contributed by atoms with Crippen molar-refractivity contribution in [1.29, 1.82) is 0 Å². The highest BCUT2D eigenvalue weighted by atomic mass is 16.5. The molecule has 23 heavy (non-hydrogen) atoms. The SMILES string of the molecule is CO[C@H]1CCN(C(=O)NCCc2cc(C)c(O)c(C)c2)[C@@H](C)C1. The molecule has 1 fully saturated rings. The predicted molar refractivity (Wildman–Crippen MR) is 90.9 cm³/mol. The molecule has 0 spiro atoms. The summed E-state index contributed by atoms with van der Waals surface area (Å²) in [6, 6.07) is 4.15. The minimum atomic E-state index is -0.000671. The van der Waals surface area contributed by atoms with Gasteiger partial charge in [0.15, 0.2) is 0 Å². The normalized spacial score (nSPS) is 21.3. The molecule has 2 atom stereocenters. The van der Waals surface area contributed by atoms with Crippen LogP contribution in [-0.2, 0) is 11.2 Å². The second kappa shape index (κ2) is 7.68. The highest BCUT2D eigenvalue weighted by Gasteiger charge is 2.28. The zero-order valence-electron chi connectivity index (χ0n) is 14.6. The Bertz CT molecular complexity index is 536. The van der Waals surface area contributed by atoms with Gasteiger partial charge in [0, 0.05) is 26.2 Å². The third-order valence-electron chi connectivity index (χ3n) is 4.66. The van der Waals surface area contributed by atoms with Crippen LogP contribution in [0.2, 0.25) is 0 Å². The Hall–Kier alpha value is -1.75. The van der Waals surface area contributed by atoms with Crippen molar-refractivity contribution in [1.82, 2.24) is 10.2 Å². The minimum absolute atomic E-state index is 0.000671. The van der Waals surface area contributed by atoms with Crippen molar-refractivity contribution in [3.63, 3.8) is 0 Å². The molecule has 5 nitrogen and oxygen atoms in total. The van der Waals surface area contributed by atoms with Crippen LogP contribution in [0.15, 0.2) is 12.1 Å². The van der Waals surface area contributed by atoms with Gasteiger partial charge in [0.25, 0.3) is 0 Å². The molecule has 1 heterocycles. The van der Waals surface area contributed by atoms with Gasteiger partial charge < -0.3 is 20.1 Å². The Labute approximate surface area is 138 Å². The van der Waals surface area contributed by atoms with Gasteiger partial charge in [-0.05, 0) is 56.7 Å². The number of likely N-dealkylation sites (tertiary alicyclic amines) is 1. The maximum Gasteiger partial charge on any atom is 0.317 e. The molecule has 2 amide bonds. The number of phenols is 1. The van der Waals surface area contributed by atoms with Crippen molar-refractivity contribution in [3.05, 3.63) is 28.8 Å². The van der Waals surface area contributed by atoms with E-state index in [4.69, 9.17) is 4.74 Å². The second-order valence-corrected chi connectivity index (χ2v) is 6.48. The predicted octanol–water partition coefficient (Wildman–Crippen LogP) is 2.76. The van der Waals surface area contributed by atoms with Crippen molar-refractivity contribution in [2.24, 2.45) is 0 Å². The largest absolute Gasteiger partial charge is 0.507 e. The quantitative estimate of drug-likeness (QED) is 0.897. The first-order valence-electron chi connectivity index (χ1n) is 8.28. The number of aryl methyl sites for hydroxylation is 2. The molecule has 0 bridgehead atoms. The number of phenolic OH excluding ortho intramolecular Hbond substituents is 1. The summed E-state index contributed by atoms with van der Waals surface area (Å²) in [5, 5.41) is 12.8. The zero-order valence-corrected chi connectivity index (χ0v) is 14.6. The van der Waals surface area contributed by atoms with Crippen LogP contribution in [0.1, 0.15) is 36.5 Å². The molecule has 2 rings (SSSR count). The smallest absolute Gasteiger partial charge is 0.317 e. The maximum absolute atomic E-state index is 12.3. The van der Waals surface area contributed by atoms with Crippen LogP contribution < -0.4 is 5.32 Å². The lowest BCUT2D eigenvalue weighted by atomic mass is 10.0. The minimum Gasteiger partial charge on any atom is -0.507 e. The fourth-order valence-corrected chi connectivity index (χ4v) is 3.25. The van der Waals surface area contributed by atoms with Gasteiger partial charge >= 0.3 is 6.03 Å². The van der Waals surface area contributed by atoms with Crippen LogP contribution in [0, 0.1) is 13.8 Å². The maximum atomic E-state index is 12.3. The molecule has 0 aromatic heterocycles. The monoisotopic (exact) mass is 320 g/mol. The summed E-state index contributed by atoms with van der Waals surface area (Å²) in [4.78, 5) is 14.2. The number of rotatable bonds is 4. The molecule has 1 aliphatic heterocycles. The van der Waals surface area contributed by atoms with Gasteiger partial charge in [-0.25, -0.2) is 4.79 Å². The van der Waals surface area contributed by atoms with E-state index in [9.17, 15) is 9.90 Å². The fraction of sp³-hybridized carbons (Fsp3) is 0.611. The number of amides is 2. The van der Waals surface area contributed by atoms with Crippen LogP contribution in [0.3, 0.4) is 0 Å². The summed E-state index contributed by atoms with van der Waals surface area (Å²) in [5.74, 6) is 0.354. The number of urea groups is 1. The number of carbonyl (C=O) groups excluding carboxylic acids is 1. The number of ether oxygens (including phenoxy) is 1. The van der Waals surface area contributed by atoms with Crippen molar-refractivity contribution in [3.8, 4) is 5.75 Å². The molecule has 0 unspecified atom stereocenters. The average molecular weight is 320 g/mol. The Kier molecular flexibility index (Phi) is 5.88. The van der Waals surface area contributed by atoms with Gasteiger partial charge in [-0.3, -0.25) is 0 Å². The molecule has 2 N–H and O–H groups in total. The van der Waals surface area contributed by atoms with Crippen LogP contribution in [0.5, 0.6) is 5.75 Å². The number of piperidine rings is 1. The Morgan fingerprint density at radius 2 is 2.04 bits per heavy atom. The topological polar surface area (TPSA) is 61.8 Å². The molecule has 1 aromatic carbocycles. The van der Waals surface area contributed by atoms with Gasteiger partial charge in [0.05, 0.1) is 6.10 Å². The van der Waals surface area contributed by atoms with Crippen molar-refractivity contribution in [2.45, 2.75) is 52.2 Å². The number of hydrogen-bond donors (Lipinski definition) is 2. The molecule has 0 radical (unpaired) electrons. The first-order valence-corrected chi connectivity index (χ1v) is 8.28. The van der Waals surface area contributed by atoms with Crippen LogP contribution in [0.4, 0.5) is 4.79 Å². The average Bonchev–Trinajstić information content (AvgIpc) is 2.52. The van der Waals surface area contributed by atoms with Crippen molar-refractivity contribution in [2.75, 3.05) is 20.2 Å². The Balaban J connectivity index is 1.83. The van der Waals surface area contributed by atoms with Crippen molar-refractivity contribution >= 4 is 6.03 Å². The number of carbonyl (C=O) groups is 1. The molecule has 1 aliphatic rings. The van der Waals surface area contributed by atoms with Gasteiger partial charge in [-0.2, -0.15) is 0 Å². The van der Waals surface area contributed by atoms with E-state index in [0.29, 0.717) is 12.3 Å². The van der Waals surface area contributed by atoms with E-state index in [0.717, 1.165) is 42.5 Å². The number of nitrogens with one attached hydrogen (secondary N) is 1. The lowest BCUT2D eigenvalue weighted by Crippen LogP contribution is -2.50. The first kappa shape index (κ1) is 17.6. The van der Waals surface area contributed by atoms with E-state index in [-0.39, 0.29) is 18.2 Å². The highest BCUT2D eigenvalue weighted by Crippen LogP contribution is 2.23. The molecule has 128 valence electrons. The first-order chi connectivity index (χ1) is 10.9. The lowest BCUT2D eigenvalue weighted by Gasteiger charge is -2.37. The number of nitrogens with zero attached hydrogens (tertiary/aromatic N) is 1. The van der Waals surface area contributed by atoms with E-state index >= 15 is 0 Å². The third kappa shape index (κ3) is 4.38. The number of aromatic hydroxyl groups is 1. The third-order valence-corrected chi connectivity index (χ3v) is 4.66. The van der Waals surface area contributed by atoms with Crippen molar-refractivity contribution < 1.29 is 14.6 Å². The number of benzene rings is 1. The molecule has 5 heteroatoms. The van der Waals surface area contributed by atoms with E-state index in [1.54, 1.807) is 7.11 Å². The van der Waals surface area contributed by atoms with E-state index in [2.05, 4.69) is 12.2 Å². The summed E-state index contributed by atoms with van der Waals surface area (Å²) in [7, 11) is 1.73. The van der Waals surface area contributed by atoms with E-state index in [1.807, 2.05) is 30.9 Å². The molecule has 0 aliphatic carbocycles. The lowest BCUT2D eigenvalue weighted by molar-refractivity contribution is 0.0294. The number of methoxy groups -OCH3 is 1.